The van der Waals surface area contributed by atoms with Crippen LogP contribution < -0.4 is 10.1 Å². The highest BCUT2D eigenvalue weighted by Crippen LogP contribution is 2.26. The Balaban J connectivity index is 1.70. The number of carbonyl (C=O) groups is 2. The van der Waals surface area contributed by atoms with Gasteiger partial charge in [-0.15, -0.1) is 0 Å². The second-order valence-electron chi connectivity index (χ2n) is 4.71. The molecule has 5 nitrogen and oxygen atoms in total. The molecule has 0 fully saturated rings. The molecule has 0 atom stereocenters. The van der Waals surface area contributed by atoms with Crippen molar-refractivity contribution in [3.05, 3.63) is 54.6 Å². The molecule has 0 spiro atoms. The predicted molar refractivity (Wildman–Crippen MR) is 89.8 cm³/mol. The number of thioether (sulfide) groups is 1. The Kier molecular flexibility index (Phi) is 7.21. The lowest BCUT2D eigenvalue weighted by atomic mass is 10.3. The Morgan fingerprint density at radius 2 is 1.68 bits per heavy atom. The van der Waals surface area contributed by atoms with E-state index in [0.717, 1.165) is 0 Å². The first-order valence-electron chi connectivity index (χ1n) is 7.21. The van der Waals surface area contributed by atoms with Crippen LogP contribution in [0, 0.1) is 0 Å². The number of nitrogens with one attached hydrogen (secondary N) is 1. The monoisotopic (exact) mass is 367 g/mol. The van der Waals surface area contributed by atoms with E-state index in [0.29, 0.717) is 28.1 Å². The molecule has 1 amide bonds. The van der Waals surface area contributed by atoms with Crippen LogP contribution in [0.15, 0.2) is 59.5 Å². The van der Waals surface area contributed by atoms with Crippen molar-refractivity contribution in [2.75, 3.05) is 18.5 Å². The molecule has 0 saturated heterocycles. The second kappa shape index (κ2) is 9.63. The van der Waals surface area contributed by atoms with Crippen LogP contribution in [0.2, 0.25) is 0 Å². The van der Waals surface area contributed by atoms with Crippen molar-refractivity contribution < 1.29 is 27.8 Å². The van der Waals surface area contributed by atoms with Gasteiger partial charge in [-0.25, -0.2) is 4.79 Å². The lowest BCUT2D eigenvalue weighted by Crippen LogP contribution is -2.23. The summed E-state index contributed by atoms with van der Waals surface area (Å²) in [6.07, 6.45) is 0. The minimum atomic E-state index is -2.50. The van der Waals surface area contributed by atoms with Crippen LogP contribution in [0.5, 0.6) is 5.75 Å². The minimum absolute atomic E-state index is 0.309. The highest BCUT2D eigenvalue weighted by Gasteiger charge is 2.09. The Bertz CT molecular complexity index is 696. The summed E-state index contributed by atoms with van der Waals surface area (Å²) in [6, 6.07) is 14.6. The van der Waals surface area contributed by atoms with Gasteiger partial charge >= 0.3 is 5.97 Å². The van der Waals surface area contributed by atoms with E-state index >= 15 is 0 Å². The molecular weight excluding hydrogens is 352 g/mol. The van der Waals surface area contributed by atoms with Crippen LogP contribution in [0.3, 0.4) is 0 Å². The maximum Gasteiger partial charge on any atom is 0.344 e. The van der Waals surface area contributed by atoms with Crippen LogP contribution >= 0.6 is 11.8 Å². The van der Waals surface area contributed by atoms with Crippen molar-refractivity contribution in [2.24, 2.45) is 0 Å². The number of carbonyl (C=O) groups excluding carboxylic acids is 2. The topological polar surface area (TPSA) is 64.6 Å². The highest BCUT2D eigenvalue weighted by atomic mass is 32.2. The van der Waals surface area contributed by atoms with E-state index in [1.165, 1.54) is 24.3 Å². The summed E-state index contributed by atoms with van der Waals surface area (Å²) in [6.45, 7) is -0.776. The number of hydrogen-bond donors (Lipinski definition) is 1. The number of rotatable bonds is 8. The number of ether oxygens (including phenoxy) is 2. The average Bonchev–Trinajstić information content (AvgIpc) is 2.60. The number of amides is 1. The van der Waals surface area contributed by atoms with Crippen molar-refractivity contribution in [3.8, 4) is 5.75 Å². The molecule has 1 N–H and O–H groups in total. The minimum Gasteiger partial charge on any atom is -0.482 e. The molecule has 2 aromatic carbocycles. The van der Waals surface area contributed by atoms with Gasteiger partial charge in [-0.05, 0) is 36.4 Å². The van der Waals surface area contributed by atoms with Crippen molar-refractivity contribution in [1.29, 1.82) is 0 Å². The largest absolute Gasteiger partial charge is 0.482 e. The van der Waals surface area contributed by atoms with E-state index in [-0.39, 0.29) is 6.61 Å². The smallest absolute Gasteiger partial charge is 0.344 e. The fourth-order valence-electron chi connectivity index (χ4n) is 1.76. The summed E-state index contributed by atoms with van der Waals surface area (Å²) < 4.78 is 34.4. The van der Waals surface area contributed by atoms with Crippen molar-refractivity contribution in [2.45, 2.75) is 10.7 Å². The molecule has 0 aliphatic rings. The summed E-state index contributed by atoms with van der Waals surface area (Å²) >= 11 is 0.415. The quantitative estimate of drug-likeness (QED) is 0.571. The number of hydrogen-bond acceptors (Lipinski definition) is 5. The van der Waals surface area contributed by atoms with Crippen molar-refractivity contribution in [1.82, 2.24) is 0 Å². The van der Waals surface area contributed by atoms with E-state index in [9.17, 15) is 18.4 Å². The first-order valence-corrected chi connectivity index (χ1v) is 8.09. The third-order valence-electron chi connectivity index (χ3n) is 2.83. The molecule has 8 heteroatoms. The van der Waals surface area contributed by atoms with Gasteiger partial charge in [0.25, 0.3) is 11.7 Å². The molecule has 0 saturated carbocycles. The zero-order valence-corrected chi connectivity index (χ0v) is 13.8. The molecule has 0 aromatic heterocycles. The van der Waals surface area contributed by atoms with Crippen LogP contribution in [-0.2, 0) is 14.3 Å². The van der Waals surface area contributed by atoms with Crippen molar-refractivity contribution in [3.63, 3.8) is 0 Å². The lowest BCUT2D eigenvalue weighted by Gasteiger charge is -2.08. The molecule has 0 aliphatic carbocycles. The van der Waals surface area contributed by atoms with Crippen LogP contribution in [0.1, 0.15) is 0 Å². The van der Waals surface area contributed by atoms with Crippen LogP contribution in [0.4, 0.5) is 14.5 Å². The van der Waals surface area contributed by atoms with E-state index in [1.54, 1.807) is 24.3 Å². The van der Waals surface area contributed by atoms with Gasteiger partial charge < -0.3 is 14.8 Å². The third-order valence-corrected chi connectivity index (χ3v) is 3.55. The molecule has 132 valence electrons. The van der Waals surface area contributed by atoms with E-state index in [1.807, 2.05) is 6.07 Å². The summed E-state index contributed by atoms with van der Waals surface area (Å²) in [4.78, 5) is 23.6. The number of halogens is 2. The molecule has 0 unspecified atom stereocenters. The number of anilines is 1. The van der Waals surface area contributed by atoms with Crippen LogP contribution in [-0.4, -0.2) is 30.8 Å². The van der Waals surface area contributed by atoms with E-state index in [4.69, 9.17) is 9.47 Å². The SMILES string of the molecule is O=C(COC(=O)COc1ccccc1)Nc1ccc(SC(F)F)cc1. The fourth-order valence-corrected chi connectivity index (χ4v) is 2.26. The molecule has 0 aliphatic heterocycles. The second-order valence-corrected chi connectivity index (χ2v) is 5.78. The fraction of sp³-hybridized carbons (Fsp3) is 0.176. The number of alkyl halides is 2. The van der Waals surface area contributed by atoms with Gasteiger partial charge in [0.05, 0.1) is 0 Å². The Hall–Kier alpha value is -2.61. The number of para-hydroxylation sites is 1. The lowest BCUT2D eigenvalue weighted by molar-refractivity contribution is -0.149. The molecular formula is C17H15F2NO4S. The number of benzene rings is 2. The van der Waals surface area contributed by atoms with E-state index < -0.39 is 24.2 Å². The third kappa shape index (κ3) is 7.21. The molecule has 2 aromatic rings. The zero-order valence-electron chi connectivity index (χ0n) is 13.0. The molecule has 0 heterocycles. The molecule has 25 heavy (non-hydrogen) atoms. The Morgan fingerprint density at radius 1 is 1.00 bits per heavy atom. The van der Waals surface area contributed by atoms with Gasteiger partial charge in [0.15, 0.2) is 13.2 Å². The summed E-state index contributed by atoms with van der Waals surface area (Å²) in [5.74, 6) is -3.20. The first kappa shape index (κ1) is 18.7. The normalized spacial score (nSPS) is 10.4. The van der Waals surface area contributed by atoms with Gasteiger partial charge in [0.2, 0.25) is 0 Å². The maximum absolute atomic E-state index is 12.2. The summed E-state index contributed by atoms with van der Waals surface area (Å²) in [5.41, 5.74) is 0.417. The molecule has 0 bridgehead atoms. The highest BCUT2D eigenvalue weighted by molar-refractivity contribution is 7.99. The standard InChI is InChI=1S/C17H15F2NO4S/c18-17(19)25-14-8-6-12(7-9-14)20-15(21)10-24-16(22)11-23-13-4-2-1-3-5-13/h1-9,17H,10-11H2,(H,20,21). The maximum atomic E-state index is 12.2. The van der Waals surface area contributed by atoms with Crippen LogP contribution in [0.25, 0.3) is 0 Å². The average molecular weight is 367 g/mol. The molecule has 0 radical (unpaired) electrons. The van der Waals surface area contributed by atoms with E-state index in [2.05, 4.69) is 5.32 Å². The van der Waals surface area contributed by atoms with Gasteiger partial charge in [0.1, 0.15) is 5.75 Å². The zero-order chi connectivity index (χ0) is 18.1. The van der Waals surface area contributed by atoms with Gasteiger partial charge in [-0.3, -0.25) is 4.79 Å². The van der Waals surface area contributed by atoms with Gasteiger partial charge in [0, 0.05) is 10.6 Å². The Morgan fingerprint density at radius 3 is 2.32 bits per heavy atom. The van der Waals surface area contributed by atoms with Gasteiger partial charge in [-0.2, -0.15) is 8.78 Å². The van der Waals surface area contributed by atoms with Crippen molar-refractivity contribution >= 4 is 29.3 Å². The Labute approximate surface area is 147 Å². The van der Waals surface area contributed by atoms with Gasteiger partial charge in [-0.1, -0.05) is 30.0 Å². The number of esters is 1. The first-order chi connectivity index (χ1) is 12.0. The predicted octanol–water partition coefficient (Wildman–Crippen LogP) is 3.56. The molecule has 2 rings (SSSR count). The summed E-state index contributed by atoms with van der Waals surface area (Å²) in [5, 5.41) is 2.50. The summed E-state index contributed by atoms with van der Waals surface area (Å²) in [7, 11) is 0.